The molecule has 0 bridgehead atoms. The van der Waals surface area contributed by atoms with E-state index in [0.29, 0.717) is 19.3 Å². The van der Waals surface area contributed by atoms with E-state index in [0.717, 1.165) is 109 Å². The van der Waals surface area contributed by atoms with Gasteiger partial charge < -0.3 is 14.2 Å². The summed E-state index contributed by atoms with van der Waals surface area (Å²) >= 11 is 0. The van der Waals surface area contributed by atoms with Gasteiger partial charge in [0, 0.05) is 19.3 Å². The van der Waals surface area contributed by atoms with E-state index in [4.69, 9.17) is 14.2 Å². The molecule has 0 fully saturated rings. The molecule has 0 aromatic heterocycles. The fourth-order valence-corrected chi connectivity index (χ4v) is 10.1. The van der Waals surface area contributed by atoms with Gasteiger partial charge in [-0.25, -0.2) is 0 Å². The zero-order valence-electron chi connectivity index (χ0n) is 54.2. The topological polar surface area (TPSA) is 78.9 Å². The summed E-state index contributed by atoms with van der Waals surface area (Å²) in [6, 6.07) is 0. The number of ether oxygens (including phenoxy) is 3. The first-order valence-corrected chi connectivity index (χ1v) is 35.2. The lowest BCUT2D eigenvalue weighted by atomic mass is 10.0. The Kier molecular flexibility index (Phi) is 66.7. The summed E-state index contributed by atoms with van der Waals surface area (Å²) in [6.07, 6.45) is 94.4. The summed E-state index contributed by atoms with van der Waals surface area (Å²) in [5.74, 6) is -0.867. The van der Waals surface area contributed by atoms with E-state index in [-0.39, 0.29) is 31.1 Å². The zero-order valence-corrected chi connectivity index (χ0v) is 54.2. The molecule has 6 nitrogen and oxygen atoms in total. The minimum absolute atomic E-state index is 0.0752. The van der Waals surface area contributed by atoms with Gasteiger partial charge in [-0.2, -0.15) is 0 Å². The Morgan fingerprint density at radius 1 is 0.256 bits per heavy atom. The molecule has 472 valence electrons. The molecule has 0 saturated carbocycles. The Hall–Kier alpha value is -3.67. The third-order valence-electron chi connectivity index (χ3n) is 15.3. The van der Waals surface area contributed by atoms with Crippen molar-refractivity contribution in [1.82, 2.24) is 0 Å². The highest BCUT2D eigenvalue weighted by molar-refractivity contribution is 5.71. The average Bonchev–Trinajstić information content (AvgIpc) is 3.47. The fourth-order valence-electron chi connectivity index (χ4n) is 10.1. The van der Waals surface area contributed by atoms with Crippen molar-refractivity contribution in [2.24, 2.45) is 0 Å². The number of unbranched alkanes of at least 4 members (excludes halogenated alkanes) is 37. The third-order valence-corrected chi connectivity index (χ3v) is 15.3. The summed E-state index contributed by atoms with van der Waals surface area (Å²) in [4.78, 5) is 38.3. The van der Waals surface area contributed by atoms with Crippen LogP contribution < -0.4 is 0 Å². The first kappa shape index (κ1) is 78.3. The molecular formula is C76H132O6. The lowest BCUT2D eigenvalue weighted by Gasteiger charge is -2.18. The van der Waals surface area contributed by atoms with Gasteiger partial charge in [0.25, 0.3) is 0 Å². The highest BCUT2D eigenvalue weighted by atomic mass is 16.6. The molecule has 0 aliphatic heterocycles. The molecule has 0 aromatic rings. The second kappa shape index (κ2) is 69.8. The molecule has 0 N–H and O–H groups in total. The summed E-state index contributed by atoms with van der Waals surface area (Å²) in [5.41, 5.74) is 0. The van der Waals surface area contributed by atoms with E-state index >= 15 is 0 Å². The van der Waals surface area contributed by atoms with Crippen molar-refractivity contribution in [3.8, 4) is 0 Å². The highest BCUT2D eigenvalue weighted by Gasteiger charge is 2.19. The molecule has 1 atom stereocenters. The Labute approximate surface area is 508 Å². The van der Waals surface area contributed by atoms with Gasteiger partial charge in [0.2, 0.25) is 0 Å². The number of esters is 3. The van der Waals surface area contributed by atoms with Crippen LogP contribution >= 0.6 is 0 Å². The monoisotopic (exact) mass is 1140 g/mol. The summed E-state index contributed by atoms with van der Waals surface area (Å²) < 4.78 is 16.9. The van der Waals surface area contributed by atoms with Crippen LogP contribution in [0.3, 0.4) is 0 Å². The van der Waals surface area contributed by atoms with Crippen LogP contribution in [0.4, 0.5) is 0 Å². The van der Waals surface area contributed by atoms with Crippen molar-refractivity contribution < 1.29 is 28.6 Å². The van der Waals surface area contributed by atoms with Gasteiger partial charge in [-0.15, -0.1) is 0 Å². The molecule has 0 aromatic carbocycles. The molecule has 82 heavy (non-hydrogen) atoms. The predicted molar refractivity (Wildman–Crippen MR) is 357 cm³/mol. The first-order chi connectivity index (χ1) is 40.5. The maximum absolute atomic E-state index is 12.9. The van der Waals surface area contributed by atoms with E-state index < -0.39 is 6.10 Å². The van der Waals surface area contributed by atoms with Crippen molar-refractivity contribution in [2.75, 3.05) is 13.2 Å². The number of carbonyl (C=O) groups is 3. The number of rotatable bonds is 64. The van der Waals surface area contributed by atoms with Crippen LogP contribution in [0.25, 0.3) is 0 Å². The predicted octanol–water partition coefficient (Wildman–Crippen LogP) is 24.4. The number of hydrogen-bond acceptors (Lipinski definition) is 6. The van der Waals surface area contributed by atoms with E-state index in [9.17, 15) is 14.4 Å². The smallest absolute Gasteiger partial charge is 0.306 e. The van der Waals surface area contributed by atoms with E-state index in [2.05, 4.69) is 118 Å². The fraction of sp³-hybridized carbons (Fsp3) is 0.750. The van der Waals surface area contributed by atoms with Gasteiger partial charge in [-0.05, 0) is 103 Å². The number of allylic oxidation sites excluding steroid dienone is 16. The van der Waals surface area contributed by atoms with Crippen LogP contribution in [0.15, 0.2) is 97.2 Å². The van der Waals surface area contributed by atoms with Crippen LogP contribution in [0.2, 0.25) is 0 Å². The minimum Gasteiger partial charge on any atom is -0.462 e. The van der Waals surface area contributed by atoms with Gasteiger partial charge in [-0.1, -0.05) is 323 Å². The largest absolute Gasteiger partial charge is 0.462 e. The van der Waals surface area contributed by atoms with Crippen LogP contribution in [-0.4, -0.2) is 37.2 Å². The SMILES string of the molecule is CC/C=C\C/C=C\C/C=C\C/C=C\C/C=C\C/C=C\CCCCCCCCCCCCCCCCCCC(=O)OCC(COC(=O)CCCCCCCCCCCCC)OC(=O)CCCCCCCCC/C=C\C/C=C\CCCCCC. The van der Waals surface area contributed by atoms with Gasteiger partial charge in [0.1, 0.15) is 13.2 Å². The van der Waals surface area contributed by atoms with Gasteiger partial charge in [0.15, 0.2) is 6.10 Å². The highest BCUT2D eigenvalue weighted by Crippen LogP contribution is 2.17. The maximum atomic E-state index is 12.9. The molecule has 0 spiro atoms. The average molecular weight is 1140 g/mol. The summed E-state index contributed by atoms with van der Waals surface area (Å²) in [5, 5.41) is 0. The Bertz CT molecular complexity index is 1590. The van der Waals surface area contributed by atoms with Gasteiger partial charge in [0.05, 0.1) is 0 Å². The van der Waals surface area contributed by atoms with E-state index in [1.165, 1.54) is 199 Å². The van der Waals surface area contributed by atoms with Crippen molar-refractivity contribution in [1.29, 1.82) is 0 Å². The summed E-state index contributed by atoms with van der Waals surface area (Å²) in [7, 11) is 0. The van der Waals surface area contributed by atoms with Crippen LogP contribution in [0.5, 0.6) is 0 Å². The molecule has 6 heteroatoms. The quantitative estimate of drug-likeness (QED) is 0.0261. The zero-order chi connectivity index (χ0) is 59.2. The Balaban J connectivity index is 4.13. The molecule has 1 unspecified atom stereocenters. The number of carbonyl (C=O) groups excluding carboxylic acids is 3. The summed E-state index contributed by atoms with van der Waals surface area (Å²) in [6.45, 7) is 6.53. The molecular weight excluding hydrogens is 1010 g/mol. The van der Waals surface area contributed by atoms with Crippen LogP contribution in [0.1, 0.15) is 348 Å². The molecule has 0 amide bonds. The lowest BCUT2D eigenvalue weighted by Crippen LogP contribution is -2.30. The Morgan fingerprint density at radius 3 is 0.756 bits per heavy atom. The minimum atomic E-state index is -0.779. The molecule has 0 rings (SSSR count). The van der Waals surface area contributed by atoms with Crippen molar-refractivity contribution in [3.63, 3.8) is 0 Å². The first-order valence-electron chi connectivity index (χ1n) is 35.2. The van der Waals surface area contributed by atoms with Crippen LogP contribution in [-0.2, 0) is 28.6 Å². The Morgan fingerprint density at radius 2 is 0.476 bits per heavy atom. The van der Waals surface area contributed by atoms with Crippen LogP contribution in [0, 0.1) is 0 Å². The van der Waals surface area contributed by atoms with Crippen molar-refractivity contribution >= 4 is 17.9 Å². The maximum Gasteiger partial charge on any atom is 0.306 e. The van der Waals surface area contributed by atoms with Gasteiger partial charge in [-0.3, -0.25) is 14.4 Å². The molecule has 0 heterocycles. The van der Waals surface area contributed by atoms with Crippen molar-refractivity contribution in [2.45, 2.75) is 354 Å². The second-order valence-corrected chi connectivity index (χ2v) is 23.4. The molecule has 0 aliphatic carbocycles. The normalized spacial score (nSPS) is 12.7. The third kappa shape index (κ3) is 67.1. The lowest BCUT2D eigenvalue weighted by molar-refractivity contribution is -0.167. The number of hydrogen-bond donors (Lipinski definition) is 0. The second-order valence-electron chi connectivity index (χ2n) is 23.4. The molecule has 0 saturated heterocycles. The molecule has 0 aliphatic rings. The van der Waals surface area contributed by atoms with E-state index in [1.807, 2.05) is 0 Å². The standard InChI is InChI=1S/C76H132O6/c1-4-7-10-13-16-19-22-24-26-28-30-31-32-33-34-35-36-37-38-39-40-41-42-43-44-45-46-48-49-51-54-57-60-63-66-69-75(78)81-72-73(71-80-74(77)68-65-62-59-56-53-21-18-15-12-9-6-3)82-76(79)70-67-64-61-58-55-52-50-47-29-27-25-23-20-17-14-11-8-5-2/h7,10,16,19-20,23-24,26-27,29-31,33-34,36-37,73H,4-6,8-9,11-15,17-18,21-22,25,28,32,35,38-72H2,1-3H3/b10-7-,19-16-,23-20-,26-24-,29-27-,31-30-,34-33-,37-36-. The molecule has 0 radical (unpaired) electrons. The van der Waals surface area contributed by atoms with Crippen molar-refractivity contribution in [3.05, 3.63) is 97.2 Å². The van der Waals surface area contributed by atoms with E-state index in [1.54, 1.807) is 0 Å². The van der Waals surface area contributed by atoms with Gasteiger partial charge >= 0.3 is 17.9 Å².